The number of hydrogen-bond donors (Lipinski definition) is 1. The van der Waals surface area contributed by atoms with Gasteiger partial charge in [-0.05, 0) is 43.4 Å². The van der Waals surface area contributed by atoms with Crippen LogP contribution in [0, 0.1) is 0 Å². The van der Waals surface area contributed by atoms with Crippen LogP contribution < -0.4 is 5.32 Å². The van der Waals surface area contributed by atoms with Crippen LogP contribution in [0.15, 0.2) is 53.4 Å². The summed E-state index contributed by atoms with van der Waals surface area (Å²) in [5, 5.41) is 2.68. The number of rotatable bonds is 5. The molecule has 9 heteroatoms. The monoisotopic (exact) mass is 417 g/mol. The first-order valence-electron chi connectivity index (χ1n) is 9.10. The SMILES string of the molecule is COC(=O)c1ccccc1C(=O)Nc1ccc(S(=O)(=O)N2CCN(C)CC2)cc1. The fraction of sp³-hybridized carbons (Fsp3) is 0.300. The van der Waals surface area contributed by atoms with Crippen LogP contribution in [-0.2, 0) is 14.8 Å². The molecule has 3 rings (SSSR count). The van der Waals surface area contributed by atoms with Crippen LogP contribution in [0.1, 0.15) is 20.7 Å². The predicted molar refractivity (Wildman–Crippen MR) is 108 cm³/mol. The number of hydrogen-bond acceptors (Lipinski definition) is 6. The van der Waals surface area contributed by atoms with Crippen molar-refractivity contribution in [3.8, 4) is 0 Å². The third kappa shape index (κ3) is 4.64. The predicted octanol–water partition coefficient (Wildman–Crippen LogP) is 1.66. The number of carbonyl (C=O) groups excluding carboxylic acids is 2. The van der Waals surface area contributed by atoms with Gasteiger partial charge in [0.15, 0.2) is 0 Å². The normalized spacial score (nSPS) is 15.7. The molecule has 0 spiro atoms. The van der Waals surface area contributed by atoms with E-state index in [0.717, 1.165) is 0 Å². The number of piperazine rings is 1. The van der Waals surface area contributed by atoms with Crippen molar-refractivity contribution < 1.29 is 22.7 Å². The first kappa shape index (κ1) is 21.0. The number of benzene rings is 2. The van der Waals surface area contributed by atoms with E-state index in [2.05, 4.69) is 10.2 Å². The number of nitrogens with zero attached hydrogens (tertiary/aromatic N) is 2. The van der Waals surface area contributed by atoms with Gasteiger partial charge < -0.3 is 15.0 Å². The summed E-state index contributed by atoms with van der Waals surface area (Å²) < 4.78 is 31.7. The van der Waals surface area contributed by atoms with E-state index in [1.807, 2.05) is 7.05 Å². The molecule has 1 amide bonds. The van der Waals surface area contributed by atoms with E-state index in [1.54, 1.807) is 12.1 Å². The second kappa shape index (κ2) is 8.73. The van der Waals surface area contributed by atoms with Crippen LogP contribution >= 0.6 is 0 Å². The standard InChI is InChI=1S/C20H23N3O5S/c1-22-11-13-23(14-12-22)29(26,27)16-9-7-15(8-10-16)21-19(24)17-5-3-4-6-18(17)20(25)28-2/h3-10H,11-14H2,1-2H3,(H,21,24). The van der Waals surface area contributed by atoms with Gasteiger partial charge in [-0.3, -0.25) is 4.79 Å². The molecular formula is C20H23N3O5S. The maximum atomic E-state index is 12.8. The van der Waals surface area contributed by atoms with Crippen LogP contribution in [-0.4, -0.2) is 69.8 Å². The highest BCUT2D eigenvalue weighted by Crippen LogP contribution is 2.20. The van der Waals surface area contributed by atoms with Gasteiger partial charge in [-0.1, -0.05) is 12.1 Å². The van der Waals surface area contributed by atoms with Crippen molar-refractivity contribution in [2.75, 3.05) is 45.7 Å². The summed E-state index contributed by atoms with van der Waals surface area (Å²) in [7, 11) is -0.367. The Bertz CT molecular complexity index is 997. The van der Waals surface area contributed by atoms with Crippen molar-refractivity contribution in [3.63, 3.8) is 0 Å². The second-order valence-corrected chi connectivity index (χ2v) is 8.66. The third-order valence-corrected chi connectivity index (χ3v) is 6.70. The van der Waals surface area contributed by atoms with E-state index >= 15 is 0 Å². The number of nitrogens with one attached hydrogen (secondary N) is 1. The van der Waals surface area contributed by atoms with E-state index in [1.165, 1.54) is 47.8 Å². The number of methoxy groups -OCH3 is 1. The molecular weight excluding hydrogens is 394 g/mol. The summed E-state index contributed by atoms with van der Waals surface area (Å²) in [6.07, 6.45) is 0. The number of sulfonamides is 1. The van der Waals surface area contributed by atoms with E-state index in [-0.39, 0.29) is 16.0 Å². The van der Waals surface area contributed by atoms with Crippen molar-refractivity contribution in [3.05, 3.63) is 59.7 Å². The molecule has 1 N–H and O–H groups in total. The lowest BCUT2D eigenvalue weighted by Gasteiger charge is -2.31. The minimum absolute atomic E-state index is 0.154. The zero-order valence-electron chi connectivity index (χ0n) is 16.3. The molecule has 154 valence electrons. The fourth-order valence-electron chi connectivity index (χ4n) is 3.06. The lowest BCUT2D eigenvalue weighted by molar-refractivity contribution is 0.0597. The molecule has 2 aromatic rings. The topological polar surface area (TPSA) is 96.0 Å². The molecule has 0 atom stereocenters. The number of ether oxygens (including phenoxy) is 1. The third-order valence-electron chi connectivity index (χ3n) is 4.79. The molecule has 1 aliphatic heterocycles. The molecule has 1 heterocycles. The maximum Gasteiger partial charge on any atom is 0.338 e. The highest BCUT2D eigenvalue weighted by atomic mass is 32.2. The van der Waals surface area contributed by atoms with Gasteiger partial charge in [-0.2, -0.15) is 4.31 Å². The van der Waals surface area contributed by atoms with E-state index < -0.39 is 21.9 Å². The smallest absolute Gasteiger partial charge is 0.338 e. The molecule has 0 radical (unpaired) electrons. The van der Waals surface area contributed by atoms with Crippen molar-refractivity contribution in [2.24, 2.45) is 0 Å². The first-order valence-corrected chi connectivity index (χ1v) is 10.5. The number of anilines is 1. The highest BCUT2D eigenvalue weighted by molar-refractivity contribution is 7.89. The summed E-state index contributed by atoms with van der Waals surface area (Å²) in [6.45, 7) is 2.27. The van der Waals surface area contributed by atoms with E-state index in [4.69, 9.17) is 4.74 Å². The number of amides is 1. The lowest BCUT2D eigenvalue weighted by Crippen LogP contribution is -2.46. The van der Waals surface area contributed by atoms with Crippen LogP contribution in [0.2, 0.25) is 0 Å². The van der Waals surface area contributed by atoms with Gasteiger partial charge in [0.1, 0.15) is 0 Å². The number of likely N-dealkylation sites (N-methyl/N-ethyl adjacent to an activating group) is 1. The van der Waals surface area contributed by atoms with Crippen molar-refractivity contribution in [1.82, 2.24) is 9.21 Å². The Balaban J connectivity index is 1.74. The van der Waals surface area contributed by atoms with Crippen molar-refractivity contribution in [1.29, 1.82) is 0 Å². The van der Waals surface area contributed by atoms with Gasteiger partial charge in [0.25, 0.3) is 5.91 Å². The van der Waals surface area contributed by atoms with Gasteiger partial charge in [-0.25, -0.2) is 13.2 Å². The molecule has 0 bridgehead atoms. The Kier molecular flexibility index (Phi) is 6.31. The average Bonchev–Trinajstić information content (AvgIpc) is 2.74. The van der Waals surface area contributed by atoms with Gasteiger partial charge in [0, 0.05) is 31.9 Å². The van der Waals surface area contributed by atoms with Crippen molar-refractivity contribution >= 4 is 27.6 Å². The first-order chi connectivity index (χ1) is 13.8. The van der Waals surface area contributed by atoms with Gasteiger partial charge in [0.2, 0.25) is 10.0 Å². The minimum atomic E-state index is -3.57. The summed E-state index contributed by atoms with van der Waals surface area (Å²) in [6, 6.07) is 12.3. The van der Waals surface area contributed by atoms with Gasteiger partial charge >= 0.3 is 5.97 Å². The Morgan fingerprint density at radius 3 is 2.10 bits per heavy atom. The second-order valence-electron chi connectivity index (χ2n) is 6.72. The molecule has 8 nitrogen and oxygen atoms in total. The molecule has 29 heavy (non-hydrogen) atoms. The van der Waals surface area contributed by atoms with Crippen LogP contribution in [0.4, 0.5) is 5.69 Å². The van der Waals surface area contributed by atoms with Crippen molar-refractivity contribution in [2.45, 2.75) is 4.90 Å². The minimum Gasteiger partial charge on any atom is -0.465 e. The van der Waals surface area contributed by atoms with E-state index in [9.17, 15) is 18.0 Å². The fourth-order valence-corrected chi connectivity index (χ4v) is 4.48. The van der Waals surface area contributed by atoms with Crippen LogP contribution in [0.25, 0.3) is 0 Å². The largest absolute Gasteiger partial charge is 0.465 e. The zero-order valence-corrected chi connectivity index (χ0v) is 17.1. The number of carbonyl (C=O) groups is 2. The summed E-state index contributed by atoms with van der Waals surface area (Å²) in [4.78, 5) is 26.7. The Morgan fingerprint density at radius 2 is 1.52 bits per heavy atom. The number of esters is 1. The summed E-state index contributed by atoms with van der Waals surface area (Å²) >= 11 is 0. The molecule has 1 aliphatic rings. The maximum absolute atomic E-state index is 12.8. The Morgan fingerprint density at radius 1 is 0.931 bits per heavy atom. The lowest BCUT2D eigenvalue weighted by atomic mass is 10.1. The Hall–Kier alpha value is -2.75. The van der Waals surface area contributed by atoms with Crippen LogP contribution in [0.3, 0.4) is 0 Å². The molecule has 0 aliphatic carbocycles. The molecule has 1 saturated heterocycles. The van der Waals surface area contributed by atoms with E-state index in [0.29, 0.717) is 31.9 Å². The molecule has 0 unspecified atom stereocenters. The Labute approximate surface area is 170 Å². The highest BCUT2D eigenvalue weighted by Gasteiger charge is 2.27. The zero-order chi connectivity index (χ0) is 21.0. The summed E-state index contributed by atoms with van der Waals surface area (Å²) in [5.41, 5.74) is 0.752. The molecule has 0 aromatic heterocycles. The van der Waals surface area contributed by atoms with Crippen LogP contribution in [0.5, 0.6) is 0 Å². The van der Waals surface area contributed by atoms with Gasteiger partial charge in [0.05, 0.1) is 23.1 Å². The summed E-state index contributed by atoms with van der Waals surface area (Å²) in [5.74, 6) is -1.09. The van der Waals surface area contributed by atoms with Gasteiger partial charge in [-0.15, -0.1) is 0 Å². The molecule has 2 aromatic carbocycles. The average molecular weight is 417 g/mol. The molecule has 0 saturated carbocycles. The molecule has 1 fully saturated rings. The quantitative estimate of drug-likeness (QED) is 0.744.